The van der Waals surface area contributed by atoms with Crippen LogP contribution in [0.2, 0.25) is 0 Å². The highest BCUT2D eigenvalue weighted by molar-refractivity contribution is 5.97. The number of carbonyl (C=O) groups excluding carboxylic acids is 1. The molecule has 3 nitrogen and oxygen atoms in total. The van der Waals surface area contributed by atoms with Gasteiger partial charge >= 0.3 is 0 Å². The first-order valence-electron chi connectivity index (χ1n) is 7.61. The van der Waals surface area contributed by atoms with Crippen LogP contribution in [0.15, 0.2) is 61.2 Å². The summed E-state index contributed by atoms with van der Waals surface area (Å²) in [5, 5.41) is 6.27. The summed E-state index contributed by atoms with van der Waals surface area (Å²) in [6.45, 7) is 3.79. The Hall–Kier alpha value is -2.99. The fourth-order valence-corrected chi connectivity index (χ4v) is 2.53. The molecule has 0 saturated carbocycles. The Bertz CT molecular complexity index is 784. The summed E-state index contributed by atoms with van der Waals surface area (Å²) in [6.07, 6.45) is 2.82. The zero-order valence-electron chi connectivity index (χ0n) is 12.8. The molecule has 1 aliphatic rings. The molecule has 0 spiro atoms. The molecular formula is C20H18N2O. The average molecular weight is 302 g/mol. The van der Waals surface area contributed by atoms with Crippen LogP contribution in [0.3, 0.4) is 0 Å². The molecule has 3 heteroatoms. The van der Waals surface area contributed by atoms with Gasteiger partial charge in [-0.05, 0) is 17.7 Å². The molecule has 1 aliphatic heterocycles. The van der Waals surface area contributed by atoms with Gasteiger partial charge in [0.2, 0.25) is 5.91 Å². The number of amides is 1. The molecule has 1 heterocycles. The molecule has 0 aromatic heterocycles. The normalized spacial score (nSPS) is 16.0. The molecule has 2 N–H and O–H groups in total. The van der Waals surface area contributed by atoms with Gasteiger partial charge in [0.05, 0.1) is 23.8 Å². The third-order valence-corrected chi connectivity index (χ3v) is 3.72. The Morgan fingerprint density at radius 2 is 2.00 bits per heavy atom. The maximum Gasteiger partial charge on any atom is 0.226 e. The van der Waals surface area contributed by atoms with Gasteiger partial charge in [-0.3, -0.25) is 4.79 Å². The number of benzene rings is 2. The zero-order chi connectivity index (χ0) is 16.1. The monoisotopic (exact) mass is 302 g/mol. The Balaban J connectivity index is 1.88. The van der Waals surface area contributed by atoms with Crippen molar-refractivity contribution in [2.75, 3.05) is 10.6 Å². The van der Waals surface area contributed by atoms with Gasteiger partial charge in [0.25, 0.3) is 0 Å². The van der Waals surface area contributed by atoms with Crippen LogP contribution in [0.4, 0.5) is 11.4 Å². The number of anilines is 2. The lowest BCUT2D eigenvalue weighted by atomic mass is 10.1. The van der Waals surface area contributed by atoms with Crippen LogP contribution in [0, 0.1) is 11.8 Å². The third-order valence-electron chi connectivity index (χ3n) is 3.72. The summed E-state index contributed by atoms with van der Waals surface area (Å²) < 4.78 is 0. The number of hydrogen-bond acceptors (Lipinski definition) is 2. The molecular weight excluding hydrogens is 284 g/mol. The average Bonchev–Trinajstić information content (AvgIpc) is 2.74. The summed E-state index contributed by atoms with van der Waals surface area (Å²) in [5.74, 6) is 6.40. The lowest BCUT2D eigenvalue weighted by Gasteiger charge is -2.14. The van der Waals surface area contributed by atoms with Crippen LogP contribution in [-0.2, 0) is 11.2 Å². The molecule has 0 unspecified atom stereocenters. The van der Waals surface area contributed by atoms with Gasteiger partial charge in [0.1, 0.15) is 0 Å². The van der Waals surface area contributed by atoms with Crippen molar-refractivity contribution >= 4 is 17.3 Å². The van der Waals surface area contributed by atoms with Gasteiger partial charge in [-0.1, -0.05) is 54.3 Å². The fraction of sp³-hybridized carbons (Fsp3) is 0.150. The maximum atomic E-state index is 11.9. The smallest absolute Gasteiger partial charge is 0.226 e. The number of rotatable bonds is 2. The highest BCUT2D eigenvalue weighted by Gasteiger charge is 2.19. The SMILES string of the molecule is C=C[C@@H]1CC(=O)Nc2cccc(C#CCc3ccccc3)c2N1. The minimum absolute atomic E-state index is 0.0180. The standard InChI is InChI=1S/C20H18N2O/c1-2-17-14-19(23)22-18-13-7-12-16(20(18)21-17)11-6-10-15-8-4-3-5-9-15/h2-5,7-9,12-13,17,21H,1,10,14H2,(H,22,23)/t17-/m1/s1. The lowest BCUT2D eigenvalue weighted by molar-refractivity contribution is -0.116. The summed E-state index contributed by atoms with van der Waals surface area (Å²) >= 11 is 0. The van der Waals surface area contributed by atoms with Crippen LogP contribution >= 0.6 is 0 Å². The van der Waals surface area contributed by atoms with Gasteiger partial charge < -0.3 is 10.6 Å². The van der Waals surface area contributed by atoms with Crippen LogP contribution in [0.25, 0.3) is 0 Å². The molecule has 0 saturated heterocycles. The summed E-state index contributed by atoms with van der Waals surface area (Å²) in [4.78, 5) is 11.9. The van der Waals surface area contributed by atoms with E-state index in [1.165, 1.54) is 5.56 Å². The van der Waals surface area contributed by atoms with Crippen LogP contribution in [0.5, 0.6) is 0 Å². The third kappa shape index (κ3) is 3.61. The Morgan fingerprint density at radius 3 is 2.78 bits per heavy atom. The van der Waals surface area contributed by atoms with E-state index < -0.39 is 0 Å². The molecule has 0 aliphatic carbocycles. The van der Waals surface area contributed by atoms with E-state index in [1.807, 2.05) is 36.4 Å². The second-order valence-corrected chi connectivity index (χ2v) is 5.43. The molecule has 1 amide bonds. The Labute approximate surface area is 136 Å². The lowest BCUT2D eigenvalue weighted by Crippen LogP contribution is -2.20. The highest BCUT2D eigenvalue weighted by atomic mass is 16.1. The fourth-order valence-electron chi connectivity index (χ4n) is 2.53. The van der Waals surface area contributed by atoms with Crippen LogP contribution in [-0.4, -0.2) is 11.9 Å². The Kier molecular flexibility index (Phi) is 4.44. The number of hydrogen-bond donors (Lipinski definition) is 2. The minimum Gasteiger partial charge on any atom is -0.376 e. The highest BCUT2D eigenvalue weighted by Crippen LogP contribution is 2.29. The predicted octanol–water partition coefficient (Wildman–Crippen LogP) is 3.59. The van der Waals surface area contributed by atoms with E-state index in [4.69, 9.17) is 0 Å². The first-order valence-corrected chi connectivity index (χ1v) is 7.61. The van der Waals surface area contributed by atoms with E-state index in [9.17, 15) is 4.79 Å². The first kappa shape index (κ1) is 14.9. The zero-order valence-corrected chi connectivity index (χ0v) is 12.8. The van der Waals surface area contributed by atoms with Gasteiger partial charge in [-0.25, -0.2) is 0 Å². The molecule has 2 aromatic carbocycles. The van der Waals surface area contributed by atoms with E-state index in [-0.39, 0.29) is 11.9 Å². The van der Waals surface area contributed by atoms with Crippen molar-refractivity contribution in [1.29, 1.82) is 0 Å². The molecule has 23 heavy (non-hydrogen) atoms. The van der Waals surface area contributed by atoms with E-state index in [1.54, 1.807) is 6.08 Å². The summed E-state index contributed by atoms with van der Waals surface area (Å²) in [7, 11) is 0. The second-order valence-electron chi connectivity index (χ2n) is 5.43. The van der Waals surface area contributed by atoms with Gasteiger partial charge in [0.15, 0.2) is 0 Å². The minimum atomic E-state index is -0.0895. The van der Waals surface area contributed by atoms with E-state index in [0.29, 0.717) is 12.8 Å². The summed E-state index contributed by atoms with van der Waals surface area (Å²) in [6, 6.07) is 15.8. The Morgan fingerprint density at radius 1 is 1.17 bits per heavy atom. The quantitative estimate of drug-likeness (QED) is 0.657. The van der Waals surface area contributed by atoms with Gasteiger partial charge in [0, 0.05) is 12.0 Å². The molecule has 0 fully saturated rings. The van der Waals surface area contributed by atoms with E-state index in [2.05, 4.69) is 41.2 Å². The van der Waals surface area contributed by atoms with Crippen molar-refractivity contribution in [3.63, 3.8) is 0 Å². The molecule has 114 valence electrons. The molecule has 0 bridgehead atoms. The number of nitrogens with one attached hydrogen (secondary N) is 2. The largest absolute Gasteiger partial charge is 0.376 e. The molecule has 2 aromatic rings. The number of carbonyl (C=O) groups is 1. The first-order chi connectivity index (χ1) is 11.3. The predicted molar refractivity (Wildman–Crippen MR) is 94.3 cm³/mol. The molecule has 1 atom stereocenters. The van der Waals surface area contributed by atoms with Crippen molar-refractivity contribution < 1.29 is 4.79 Å². The number of para-hydroxylation sites is 1. The summed E-state index contributed by atoms with van der Waals surface area (Å²) in [5.41, 5.74) is 3.70. The molecule has 0 radical (unpaired) electrons. The molecule has 3 rings (SSSR count). The second kappa shape index (κ2) is 6.85. The van der Waals surface area contributed by atoms with Crippen molar-refractivity contribution in [3.8, 4) is 11.8 Å². The van der Waals surface area contributed by atoms with Crippen molar-refractivity contribution in [2.45, 2.75) is 18.9 Å². The van der Waals surface area contributed by atoms with Crippen molar-refractivity contribution in [1.82, 2.24) is 0 Å². The van der Waals surface area contributed by atoms with Gasteiger partial charge in [-0.15, -0.1) is 6.58 Å². The van der Waals surface area contributed by atoms with Crippen LogP contribution < -0.4 is 10.6 Å². The van der Waals surface area contributed by atoms with Gasteiger partial charge in [-0.2, -0.15) is 0 Å². The number of fused-ring (bicyclic) bond motifs is 1. The topological polar surface area (TPSA) is 41.1 Å². The van der Waals surface area contributed by atoms with E-state index >= 15 is 0 Å². The van der Waals surface area contributed by atoms with Crippen LogP contribution in [0.1, 0.15) is 17.5 Å². The maximum absolute atomic E-state index is 11.9. The van der Waals surface area contributed by atoms with Crippen molar-refractivity contribution in [3.05, 3.63) is 72.3 Å². The van der Waals surface area contributed by atoms with E-state index in [0.717, 1.165) is 16.9 Å². The van der Waals surface area contributed by atoms with Crippen molar-refractivity contribution in [2.24, 2.45) is 0 Å².